The molecule has 1 atom stereocenters. The molecule has 0 saturated carbocycles. The van der Waals surface area contributed by atoms with E-state index in [0.29, 0.717) is 12.3 Å². The molecular weight excluding hydrogens is 321 g/mol. The van der Waals surface area contributed by atoms with Crippen LogP contribution in [-0.2, 0) is 20.1 Å². The van der Waals surface area contributed by atoms with E-state index >= 15 is 0 Å². The number of imidazole rings is 1. The number of aromatic nitrogens is 4. The summed E-state index contributed by atoms with van der Waals surface area (Å²) in [6.45, 7) is 2.27. The molecule has 3 aromatic rings. The molecule has 1 aliphatic rings. The van der Waals surface area contributed by atoms with Crippen molar-refractivity contribution in [2.75, 3.05) is 13.7 Å². The number of H-pyrrole nitrogens is 1. The van der Waals surface area contributed by atoms with Crippen LogP contribution in [0.15, 0.2) is 36.9 Å². The molecule has 4 rings (SSSR count). The smallest absolute Gasteiger partial charge is 0.126 e. The van der Waals surface area contributed by atoms with E-state index in [1.54, 1.807) is 19.5 Å². The van der Waals surface area contributed by atoms with Crippen LogP contribution < -0.4 is 4.74 Å². The number of nitrogens with zero attached hydrogens (tertiary/aromatic N) is 4. The number of benzene rings is 1. The number of fused-ring (bicyclic) bond motifs is 1. The molecule has 1 aromatic carbocycles. The fourth-order valence-electron chi connectivity index (χ4n) is 3.49. The Morgan fingerprint density at radius 1 is 1.40 bits per heavy atom. The number of hydrogen-bond donors (Lipinski definition) is 1. The first kappa shape index (κ1) is 15.8. The molecule has 3 heterocycles. The highest BCUT2D eigenvalue weighted by molar-refractivity contribution is 5.35. The Hall–Kier alpha value is -2.67. The molecule has 1 aliphatic heterocycles. The van der Waals surface area contributed by atoms with Gasteiger partial charge in [-0.25, -0.2) is 9.37 Å². The summed E-state index contributed by atoms with van der Waals surface area (Å²) in [4.78, 5) is 10.1. The third-order valence-electron chi connectivity index (χ3n) is 4.67. The van der Waals surface area contributed by atoms with Crippen LogP contribution in [0.4, 0.5) is 4.39 Å². The van der Waals surface area contributed by atoms with E-state index in [-0.39, 0.29) is 11.7 Å². The number of hydrogen-bond acceptors (Lipinski definition) is 4. The van der Waals surface area contributed by atoms with E-state index < -0.39 is 0 Å². The summed E-state index contributed by atoms with van der Waals surface area (Å²) < 4.78 is 20.6. The van der Waals surface area contributed by atoms with Crippen molar-refractivity contribution in [1.82, 2.24) is 24.6 Å². The molecule has 1 unspecified atom stereocenters. The highest BCUT2D eigenvalue weighted by atomic mass is 19.1. The van der Waals surface area contributed by atoms with Crippen molar-refractivity contribution in [3.63, 3.8) is 0 Å². The monoisotopic (exact) mass is 341 g/mol. The molecule has 0 saturated heterocycles. The van der Waals surface area contributed by atoms with Gasteiger partial charge >= 0.3 is 0 Å². The van der Waals surface area contributed by atoms with Crippen LogP contribution in [0.25, 0.3) is 0 Å². The highest BCUT2D eigenvalue weighted by Gasteiger charge is 2.30. The second-order valence-corrected chi connectivity index (χ2v) is 6.39. The largest absolute Gasteiger partial charge is 0.496 e. The van der Waals surface area contributed by atoms with Gasteiger partial charge in [0.25, 0.3) is 0 Å². The van der Waals surface area contributed by atoms with Gasteiger partial charge < -0.3 is 9.72 Å². The van der Waals surface area contributed by atoms with E-state index in [1.165, 1.54) is 12.1 Å². The number of aromatic amines is 1. The maximum atomic E-state index is 13.4. The lowest BCUT2D eigenvalue weighted by molar-refractivity contribution is 0.224. The Bertz CT molecular complexity index is 887. The standard InChI is InChI=1S/C18H20FN5O/c1-23-7-13(6-22-23)15-9-24(10-16-18(15)21-11-20-16)8-12-3-4-14(19)5-17(12)25-2/h3-7,11,15H,8-10H2,1-2H3,(H,20,21). The summed E-state index contributed by atoms with van der Waals surface area (Å²) in [5.74, 6) is 0.451. The van der Waals surface area contributed by atoms with Crippen LogP contribution in [0.3, 0.4) is 0 Å². The Kier molecular flexibility index (Phi) is 4.01. The van der Waals surface area contributed by atoms with Gasteiger partial charge in [-0.3, -0.25) is 9.58 Å². The van der Waals surface area contributed by atoms with Crippen LogP contribution in [0.1, 0.15) is 28.4 Å². The average Bonchev–Trinajstić information content (AvgIpc) is 3.24. The number of nitrogens with one attached hydrogen (secondary N) is 1. The van der Waals surface area contributed by atoms with E-state index in [2.05, 4.69) is 20.0 Å². The van der Waals surface area contributed by atoms with Crippen molar-refractivity contribution in [2.24, 2.45) is 7.05 Å². The fourth-order valence-corrected chi connectivity index (χ4v) is 3.49. The lowest BCUT2D eigenvalue weighted by Gasteiger charge is -2.32. The van der Waals surface area contributed by atoms with E-state index in [9.17, 15) is 4.39 Å². The molecule has 25 heavy (non-hydrogen) atoms. The molecule has 6 nitrogen and oxygen atoms in total. The Balaban J connectivity index is 1.62. The third-order valence-corrected chi connectivity index (χ3v) is 4.67. The molecular formula is C18H20FN5O. The quantitative estimate of drug-likeness (QED) is 0.792. The summed E-state index contributed by atoms with van der Waals surface area (Å²) in [7, 11) is 3.48. The maximum absolute atomic E-state index is 13.4. The molecule has 0 spiro atoms. The normalized spacial score (nSPS) is 17.5. The van der Waals surface area contributed by atoms with Gasteiger partial charge in [0.1, 0.15) is 11.6 Å². The first-order valence-corrected chi connectivity index (χ1v) is 8.19. The zero-order valence-corrected chi connectivity index (χ0v) is 14.2. The van der Waals surface area contributed by atoms with Crippen molar-refractivity contribution >= 4 is 0 Å². The molecule has 0 bridgehead atoms. The van der Waals surface area contributed by atoms with Crippen molar-refractivity contribution in [3.05, 3.63) is 65.3 Å². The molecule has 0 aliphatic carbocycles. The Labute approximate surface area is 145 Å². The summed E-state index contributed by atoms with van der Waals surface area (Å²) in [5.41, 5.74) is 4.31. The van der Waals surface area contributed by atoms with E-state index in [0.717, 1.165) is 35.6 Å². The minimum Gasteiger partial charge on any atom is -0.496 e. The van der Waals surface area contributed by atoms with Crippen molar-refractivity contribution in [3.8, 4) is 5.75 Å². The van der Waals surface area contributed by atoms with Crippen LogP contribution in [-0.4, -0.2) is 38.3 Å². The molecule has 2 aromatic heterocycles. The topological polar surface area (TPSA) is 59.0 Å². The second-order valence-electron chi connectivity index (χ2n) is 6.39. The zero-order chi connectivity index (χ0) is 17.4. The first-order valence-electron chi connectivity index (χ1n) is 8.19. The van der Waals surface area contributed by atoms with Crippen molar-refractivity contribution < 1.29 is 9.13 Å². The van der Waals surface area contributed by atoms with Crippen LogP contribution in [0.2, 0.25) is 0 Å². The summed E-state index contributed by atoms with van der Waals surface area (Å²) in [5, 5.41) is 4.29. The fraction of sp³-hybridized carbons (Fsp3) is 0.333. The Morgan fingerprint density at radius 2 is 2.28 bits per heavy atom. The first-order chi connectivity index (χ1) is 12.1. The van der Waals surface area contributed by atoms with Gasteiger partial charge in [0.05, 0.1) is 31.0 Å². The van der Waals surface area contributed by atoms with Gasteiger partial charge in [-0.1, -0.05) is 6.07 Å². The minimum atomic E-state index is -0.289. The molecule has 130 valence electrons. The lowest BCUT2D eigenvalue weighted by Crippen LogP contribution is -2.33. The molecule has 0 radical (unpaired) electrons. The van der Waals surface area contributed by atoms with Crippen LogP contribution in [0.5, 0.6) is 5.75 Å². The molecule has 7 heteroatoms. The van der Waals surface area contributed by atoms with Gasteiger partial charge in [0.2, 0.25) is 0 Å². The molecule has 1 N–H and O–H groups in total. The molecule has 0 fully saturated rings. The van der Waals surface area contributed by atoms with E-state index in [4.69, 9.17) is 4.74 Å². The second kappa shape index (κ2) is 6.33. The summed E-state index contributed by atoms with van der Waals surface area (Å²) in [6, 6.07) is 4.69. The Morgan fingerprint density at radius 3 is 3.04 bits per heavy atom. The number of rotatable bonds is 4. The predicted molar refractivity (Wildman–Crippen MR) is 90.7 cm³/mol. The number of methoxy groups -OCH3 is 1. The minimum absolute atomic E-state index is 0.162. The third kappa shape index (κ3) is 3.02. The average molecular weight is 341 g/mol. The van der Waals surface area contributed by atoms with Gasteiger partial charge in [0.15, 0.2) is 0 Å². The predicted octanol–water partition coefficient (Wildman–Crippen LogP) is 2.44. The highest BCUT2D eigenvalue weighted by Crippen LogP contribution is 2.33. The number of halogens is 1. The summed E-state index contributed by atoms with van der Waals surface area (Å²) >= 11 is 0. The van der Waals surface area contributed by atoms with E-state index in [1.807, 2.05) is 24.1 Å². The maximum Gasteiger partial charge on any atom is 0.126 e. The van der Waals surface area contributed by atoms with Gasteiger partial charge in [-0.2, -0.15) is 5.10 Å². The van der Waals surface area contributed by atoms with Crippen LogP contribution >= 0.6 is 0 Å². The SMILES string of the molecule is COc1cc(F)ccc1CN1Cc2[nH]cnc2C(c2cnn(C)c2)C1. The number of ether oxygens (including phenoxy) is 1. The lowest BCUT2D eigenvalue weighted by atomic mass is 9.93. The van der Waals surface area contributed by atoms with Gasteiger partial charge in [-0.05, 0) is 6.07 Å². The molecule has 0 amide bonds. The van der Waals surface area contributed by atoms with Crippen LogP contribution in [0, 0.1) is 5.82 Å². The summed E-state index contributed by atoms with van der Waals surface area (Å²) in [6.07, 6.45) is 5.67. The van der Waals surface area contributed by atoms with Gasteiger partial charge in [-0.15, -0.1) is 0 Å². The zero-order valence-electron chi connectivity index (χ0n) is 14.2. The van der Waals surface area contributed by atoms with Gasteiger partial charge in [0, 0.05) is 56.0 Å². The van der Waals surface area contributed by atoms with Crippen molar-refractivity contribution in [1.29, 1.82) is 0 Å². The number of aryl methyl sites for hydroxylation is 1. The van der Waals surface area contributed by atoms with Crippen molar-refractivity contribution in [2.45, 2.75) is 19.0 Å².